The Morgan fingerprint density at radius 3 is 2.81 bits per heavy atom. The zero-order valence-corrected chi connectivity index (χ0v) is 12.5. The fourth-order valence-electron chi connectivity index (χ4n) is 1.91. The lowest BCUT2D eigenvalue weighted by molar-refractivity contribution is 0.174. The van der Waals surface area contributed by atoms with Gasteiger partial charge in [0.25, 0.3) is 10.0 Å². The molecule has 1 aromatic carbocycles. The van der Waals surface area contributed by atoms with Crippen molar-refractivity contribution in [2.75, 3.05) is 18.1 Å². The molecule has 2 N–H and O–H groups in total. The summed E-state index contributed by atoms with van der Waals surface area (Å²) in [6.07, 6.45) is 0.449. The molecule has 1 aliphatic rings. The van der Waals surface area contributed by atoms with Gasteiger partial charge < -0.3 is 14.6 Å². The third-order valence-corrected chi connectivity index (χ3v) is 5.90. The van der Waals surface area contributed by atoms with Gasteiger partial charge in [-0.2, -0.15) is 0 Å². The Morgan fingerprint density at radius 1 is 1.19 bits per heavy atom. The molecular weight excluding hydrogens is 314 g/mol. The number of benzene rings is 1. The molecule has 112 valence electrons. The van der Waals surface area contributed by atoms with Crippen LogP contribution in [0.15, 0.2) is 34.5 Å². The van der Waals surface area contributed by atoms with Crippen molar-refractivity contribution in [3.8, 4) is 11.5 Å². The number of anilines is 1. The van der Waals surface area contributed by atoms with Gasteiger partial charge >= 0.3 is 0 Å². The largest absolute Gasteiger partial charge is 0.454 e. The fraction of sp³-hybridized carbons (Fsp3) is 0.231. The molecule has 0 amide bonds. The molecule has 1 aliphatic heterocycles. The van der Waals surface area contributed by atoms with Crippen LogP contribution in [0.1, 0.15) is 4.88 Å². The standard InChI is InChI=1S/C13H13NO5S2/c15-6-5-10-2-4-13(20-10)21(16,17)14-9-1-3-11-12(7-9)19-8-18-11/h1-4,7,14-15H,5-6,8H2. The summed E-state index contributed by atoms with van der Waals surface area (Å²) in [6, 6.07) is 8.10. The van der Waals surface area contributed by atoms with Crippen LogP contribution in [0.2, 0.25) is 0 Å². The van der Waals surface area contributed by atoms with Gasteiger partial charge in [0, 0.05) is 24.0 Å². The van der Waals surface area contributed by atoms with Crippen LogP contribution in [-0.4, -0.2) is 26.9 Å². The second-order valence-electron chi connectivity index (χ2n) is 4.37. The molecule has 0 unspecified atom stereocenters. The smallest absolute Gasteiger partial charge is 0.271 e. The highest BCUT2D eigenvalue weighted by atomic mass is 32.2. The summed E-state index contributed by atoms with van der Waals surface area (Å²) in [5.74, 6) is 1.11. The number of ether oxygens (including phenoxy) is 2. The molecule has 1 aromatic heterocycles. The van der Waals surface area contributed by atoms with E-state index in [1.807, 2.05) is 0 Å². The Bertz CT molecular complexity index is 754. The topological polar surface area (TPSA) is 84.9 Å². The molecule has 0 bridgehead atoms. The normalized spacial score (nSPS) is 13.4. The second-order valence-corrected chi connectivity index (χ2v) is 7.45. The number of nitrogens with one attached hydrogen (secondary N) is 1. The van der Waals surface area contributed by atoms with Gasteiger partial charge in [-0.3, -0.25) is 4.72 Å². The second kappa shape index (κ2) is 5.55. The van der Waals surface area contributed by atoms with Crippen LogP contribution in [-0.2, 0) is 16.4 Å². The average Bonchev–Trinajstić information content (AvgIpc) is 3.07. The van der Waals surface area contributed by atoms with Crippen LogP contribution in [0.25, 0.3) is 0 Å². The van der Waals surface area contributed by atoms with Crippen molar-refractivity contribution in [2.45, 2.75) is 10.6 Å². The highest BCUT2D eigenvalue weighted by Gasteiger charge is 2.19. The number of sulfonamides is 1. The third-order valence-electron chi connectivity index (χ3n) is 2.88. The maximum atomic E-state index is 12.3. The molecular formula is C13H13NO5S2. The van der Waals surface area contributed by atoms with Crippen molar-refractivity contribution in [3.63, 3.8) is 0 Å². The van der Waals surface area contributed by atoms with Gasteiger partial charge in [0.05, 0.1) is 5.69 Å². The maximum Gasteiger partial charge on any atom is 0.271 e. The summed E-state index contributed by atoms with van der Waals surface area (Å²) in [5, 5.41) is 8.87. The third kappa shape index (κ3) is 2.97. The van der Waals surface area contributed by atoms with E-state index in [1.165, 1.54) is 6.07 Å². The van der Waals surface area contributed by atoms with E-state index in [0.29, 0.717) is 23.6 Å². The molecule has 0 aliphatic carbocycles. The number of rotatable bonds is 5. The molecule has 0 saturated carbocycles. The van der Waals surface area contributed by atoms with Crippen LogP contribution in [0, 0.1) is 0 Å². The number of thiophene rings is 1. The number of hydrogen-bond acceptors (Lipinski definition) is 6. The van der Waals surface area contributed by atoms with E-state index in [0.717, 1.165) is 16.2 Å². The first-order valence-electron chi connectivity index (χ1n) is 6.20. The Morgan fingerprint density at radius 2 is 2.00 bits per heavy atom. The number of aliphatic hydroxyl groups excluding tert-OH is 1. The van der Waals surface area contributed by atoms with E-state index in [1.54, 1.807) is 24.3 Å². The van der Waals surface area contributed by atoms with Gasteiger partial charge in [-0.05, 0) is 24.3 Å². The zero-order chi connectivity index (χ0) is 14.9. The number of fused-ring (bicyclic) bond motifs is 1. The van der Waals surface area contributed by atoms with Gasteiger partial charge in [-0.1, -0.05) is 0 Å². The molecule has 6 nitrogen and oxygen atoms in total. The Hall–Kier alpha value is -1.77. The number of hydrogen-bond donors (Lipinski definition) is 2. The SMILES string of the molecule is O=S(=O)(Nc1ccc2c(c1)OCO2)c1ccc(CCO)s1. The van der Waals surface area contributed by atoms with Crippen molar-refractivity contribution >= 4 is 27.0 Å². The average molecular weight is 327 g/mol. The molecule has 0 spiro atoms. The van der Waals surface area contributed by atoms with E-state index >= 15 is 0 Å². The first kappa shape index (κ1) is 14.2. The Labute approximate surface area is 126 Å². The first-order chi connectivity index (χ1) is 10.1. The first-order valence-corrected chi connectivity index (χ1v) is 8.50. The molecule has 0 saturated heterocycles. The van der Waals surface area contributed by atoms with Gasteiger partial charge in [0.1, 0.15) is 4.21 Å². The minimum Gasteiger partial charge on any atom is -0.454 e. The van der Waals surface area contributed by atoms with E-state index in [9.17, 15) is 8.42 Å². The number of aliphatic hydroxyl groups is 1. The van der Waals surface area contributed by atoms with E-state index in [4.69, 9.17) is 14.6 Å². The molecule has 21 heavy (non-hydrogen) atoms. The predicted octanol–water partition coefficient (Wildman–Crippen LogP) is 1.81. The van der Waals surface area contributed by atoms with Crippen LogP contribution in [0.3, 0.4) is 0 Å². The lowest BCUT2D eigenvalue weighted by atomic mass is 10.3. The monoisotopic (exact) mass is 327 g/mol. The lowest BCUT2D eigenvalue weighted by Gasteiger charge is -2.06. The maximum absolute atomic E-state index is 12.3. The van der Waals surface area contributed by atoms with Crippen LogP contribution >= 0.6 is 11.3 Å². The summed E-state index contributed by atoms with van der Waals surface area (Å²) in [4.78, 5) is 0.823. The van der Waals surface area contributed by atoms with Crippen molar-refractivity contribution in [3.05, 3.63) is 35.2 Å². The quantitative estimate of drug-likeness (QED) is 0.875. The van der Waals surface area contributed by atoms with Gasteiger partial charge in [-0.25, -0.2) is 8.42 Å². The minimum atomic E-state index is -3.64. The molecule has 3 rings (SSSR count). The van der Waals surface area contributed by atoms with Crippen molar-refractivity contribution in [1.29, 1.82) is 0 Å². The molecule has 0 fully saturated rings. The van der Waals surface area contributed by atoms with Crippen molar-refractivity contribution in [2.24, 2.45) is 0 Å². The molecule has 0 atom stereocenters. The molecule has 2 aromatic rings. The van der Waals surface area contributed by atoms with Crippen LogP contribution < -0.4 is 14.2 Å². The molecule has 0 radical (unpaired) electrons. The summed E-state index contributed by atoms with van der Waals surface area (Å²) in [5.41, 5.74) is 0.413. The van der Waals surface area contributed by atoms with Crippen LogP contribution in [0.5, 0.6) is 11.5 Å². The van der Waals surface area contributed by atoms with E-state index in [2.05, 4.69) is 4.72 Å². The van der Waals surface area contributed by atoms with Crippen molar-refractivity contribution < 1.29 is 23.0 Å². The Kier molecular flexibility index (Phi) is 3.75. The predicted molar refractivity (Wildman–Crippen MR) is 78.5 cm³/mol. The van der Waals surface area contributed by atoms with E-state index in [-0.39, 0.29) is 17.6 Å². The Balaban J connectivity index is 1.82. The molecule has 8 heteroatoms. The summed E-state index contributed by atoms with van der Waals surface area (Å²) in [6.45, 7) is 0.135. The summed E-state index contributed by atoms with van der Waals surface area (Å²) >= 11 is 1.14. The minimum absolute atomic E-state index is 0.00437. The summed E-state index contributed by atoms with van der Waals surface area (Å²) < 4.78 is 37.7. The van der Waals surface area contributed by atoms with Gasteiger partial charge in [-0.15, -0.1) is 11.3 Å². The van der Waals surface area contributed by atoms with Crippen molar-refractivity contribution in [1.82, 2.24) is 0 Å². The summed E-state index contributed by atoms with van der Waals surface area (Å²) in [7, 11) is -3.64. The van der Waals surface area contributed by atoms with E-state index < -0.39 is 10.0 Å². The van der Waals surface area contributed by atoms with Crippen LogP contribution in [0.4, 0.5) is 5.69 Å². The van der Waals surface area contributed by atoms with Gasteiger partial charge in [0.2, 0.25) is 6.79 Å². The lowest BCUT2D eigenvalue weighted by Crippen LogP contribution is -2.11. The highest BCUT2D eigenvalue weighted by Crippen LogP contribution is 2.35. The fourth-order valence-corrected chi connectivity index (χ4v) is 4.31. The zero-order valence-electron chi connectivity index (χ0n) is 10.9. The van der Waals surface area contributed by atoms with Gasteiger partial charge in [0.15, 0.2) is 11.5 Å². The molecule has 2 heterocycles. The highest BCUT2D eigenvalue weighted by molar-refractivity contribution is 7.94.